The second kappa shape index (κ2) is 9.47. The van der Waals surface area contributed by atoms with Gasteiger partial charge < -0.3 is 15.5 Å². The first-order valence-electron chi connectivity index (χ1n) is 10.6. The Kier molecular flexibility index (Phi) is 6.50. The summed E-state index contributed by atoms with van der Waals surface area (Å²) in [6.45, 7) is 0.578. The summed E-state index contributed by atoms with van der Waals surface area (Å²) in [5.74, 6) is 1.68. The van der Waals surface area contributed by atoms with Gasteiger partial charge in [-0.25, -0.2) is 4.98 Å². The zero-order valence-corrected chi connectivity index (χ0v) is 18.9. The molecule has 0 bridgehead atoms. The number of nitrogens with zero attached hydrogens (tertiary/aromatic N) is 4. The van der Waals surface area contributed by atoms with Crippen LogP contribution in [-0.4, -0.2) is 47.5 Å². The minimum absolute atomic E-state index is 0.0185. The topological polar surface area (TPSA) is 113 Å². The fraction of sp³-hybridized carbons (Fsp3) is 0.409. The van der Waals surface area contributed by atoms with E-state index in [0.717, 1.165) is 53.7 Å². The van der Waals surface area contributed by atoms with Gasteiger partial charge in [0.2, 0.25) is 5.95 Å². The van der Waals surface area contributed by atoms with Gasteiger partial charge in [-0.1, -0.05) is 23.5 Å². The third-order valence-electron chi connectivity index (χ3n) is 5.73. The number of carbonyl (C=O) groups is 1. The van der Waals surface area contributed by atoms with Crippen LogP contribution in [0.5, 0.6) is 0 Å². The number of amides is 1. The zero-order valence-electron chi connectivity index (χ0n) is 18.1. The molecule has 0 aliphatic heterocycles. The van der Waals surface area contributed by atoms with Crippen LogP contribution < -0.4 is 15.5 Å². The van der Waals surface area contributed by atoms with E-state index < -0.39 is 4.92 Å². The summed E-state index contributed by atoms with van der Waals surface area (Å²) >= 11 is 0.903. The summed E-state index contributed by atoms with van der Waals surface area (Å²) < 4.78 is 0. The lowest BCUT2D eigenvalue weighted by Crippen LogP contribution is -2.34. The van der Waals surface area contributed by atoms with Crippen molar-refractivity contribution in [3.05, 3.63) is 51.4 Å². The van der Waals surface area contributed by atoms with E-state index in [1.54, 1.807) is 0 Å². The third-order valence-corrected chi connectivity index (χ3v) is 6.77. The number of nitrogens with one attached hydrogen (secondary N) is 2. The minimum Gasteiger partial charge on any atom is -0.362 e. The average Bonchev–Trinajstić information content (AvgIpc) is 3.29. The molecule has 1 aromatic carbocycles. The minimum atomic E-state index is -0.476. The summed E-state index contributed by atoms with van der Waals surface area (Å²) in [6.07, 6.45) is 3.91. The second-order valence-corrected chi connectivity index (χ2v) is 9.31. The molecule has 0 unspecified atom stereocenters. The molecular formula is C22H26N6O3S. The monoisotopic (exact) mass is 454 g/mol. The van der Waals surface area contributed by atoms with Crippen molar-refractivity contribution in [1.82, 2.24) is 15.3 Å². The summed E-state index contributed by atoms with van der Waals surface area (Å²) in [6, 6.07) is 11.2. The Labute approximate surface area is 190 Å². The first kappa shape index (κ1) is 21.9. The van der Waals surface area contributed by atoms with Gasteiger partial charge in [-0.2, -0.15) is 4.98 Å². The van der Waals surface area contributed by atoms with Crippen molar-refractivity contribution in [2.24, 2.45) is 5.92 Å². The van der Waals surface area contributed by atoms with E-state index in [4.69, 9.17) is 4.98 Å². The van der Waals surface area contributed by atoms with E-state index >= 15 is 0 Å². The molecule has 2 N–H and O–H groups in total. The molecular weight excluding hydrogens is 428 g/mol. The number of thiophene rings is 1. The largest absolute Gasteiger partial charge is 0.362 e. The molecule has 1 fully saturated rings. The molecule has 1 aliphatic carbocycles. The van der Waals surface area contributed by atoms with E-state index in [1.807, 2.05) is 43.3 Å². The molecule has 3 aromatic rings. The fourth-order valence-electron chi connectivity index (χ4n) is 4.03. The lowest BCUT2D eigenvalue weighted by atomic mass is 9.86. The Balaban J connectivity index is 1.30. The molecule has 0 radical (unpaired) electrons. The van der Waals surface area contributed by atoms with Crippen LogP contribution in [0, 0.1) is 16.0 Å². The van der Waals surface area contributed by atoms with Gasteiger partial charge in [0.1, 0.15) is 5.82 Å². The highest BCUT2D eigenvalue weighted by Crippen LogP contribution is 2.29. The number of rotatable bonds is 7. The summed E-state index contributed by atoms with van der Waals surface area (Å²) in [5, 5.41) is 18.2. The summed E-state index contributed by atoms with van der Waals surface area (Å²) in [5.41, 5.74) is 0.916. The van der Waals surface area contributed by atoms with Crippen LogP contribution in [0.1, 0.15) is 35.4 Å². The Morgan fingerprint density at radius 2 is 1.91 bits per heavy atom. The van der Waals surface area contributed by atoms with Crippen LogP contribution in [0.15, 0.2) is 36.4 Å². The average molecular weight is 455 g/mol. The number of hydrogen-bond donors (Lipinski definition) is 2. The maximum atomic E-state index is 12.3. The van der Waals surface area contributed by atoms with Crippen LogP contribution in [0.25, 0.3) is 10.9 Å². The molecule has 1 saturated carbocycles. The van der Waals surface area contributed by atoms with Crippen LogP contribution in [0.2, 0.25) is 0 Å². The number of hydrogen-bond acceptors (Lipinski definition) is 8. The molecule has 168 valence electrons. The Bertz CT molecular complexity index is 1120. The molecule has 32 heavy (non-hydrogen) atoms. The number of para-hydroxylation sites is 1. The highest BCUT2D eigenvalue weighted by molar-refractivity contribution is 7.17. The van der Waals surface area contributed by atoms with Crippen molar-refractivity contribution in [2.45, 2.75) is 31.7 Å². The van der Waals surface area contributed by atoms with E-state index in [-0.39, 0.29) is 17.0 Å². The standard InChI is InChI=1S/C22H26N6O3S/c1-27(2)20-16-5-3-4-6-17(16)25-22(26-20)24-15-9-7-14(8-10-15)13-23-21(29)18-11-12-19(32-18)28(30)31/h3-6,11-12,14-15H,7-10,13H2,1-2H3,(H,23,29)(H,24,25,26). The second-order valence-electron chi connectivity index (χ2n) is 8.25. The Hall–Kier alpha value is -3.27. The maximum absolute atomic E-state index is 12.3. The smallest absolute Gasteiger partial charge is 0.324 e. The predicted molar refractivity (Wildman–Crippen MR) is 127 cm³/mol. The summed E-state index contributed by atoms with van der Waals surface area (Å²) in [4.78, 5) is 34.4. The number of benzene rings is 1. The third kappa shape index (κ3) is 4.96. The molecule has 1 aliphatic rings. The van der Waals surface area contributed by atoms with Crippen LogP contribution in [0.4, 0.5) is 16.8 Å². The van der Waals surface area contributed by atoms with E-state index in [0.29, 0.717) is 23.3 Å². The quantitative estimate of drug-likeness (QED) is 0.409. The predicted octanol–water partition coefficient (Wildman–Crippen LogP) is 4.07. The molecule has 9 nitrogen and oxygen atoms in total. The lowest BCUT2D eigenvalue weighted by molar-refractivity contribution is -0.380. The van der Waals surface area contributed by atoms with Crippen molar-refractivity contribution < 1.29 is 9.72 Å². The lowest BCUT2D eigenvalue weighted by Gasteiger charge is -2.29. The Morgan fingerprint density at radius 1 is 1.16 bits per heavy atom. The molecule has 0 spiro atoms. The van der Waals surface area contributed by atoms with Crippen LogP contribution in [-0.2, 0) is 0 Å². The molecule has 0 atom stereocenters. The first-order valence-corrected chi connectivity index (χ1v) is 11.5. The van der Waals surface area contributed by atoms with Crippen molar-refractivity contribution in [1.29, 1.82) is 0 Å². The molecule has 2 aromatic heterocycles. The fourth-order valence-corrected chi connectivity index (χ4v) is 4.77. The van der Waals surface area contributed by atoms with Crippen LogP contribution in [0.3, 0.4) is 0 Å². The van der Waals surface area contributed by atoms with Gasteiger partial charge >= 0.3 is 5.00 Å². The van der Waals surface area contributed by atoms with Crippen LogP contribution >= 0.6 is 11.3 Å². The van der Waals surface area contributed by atoms with Crippen molar-refractivity contribution in [3.63, 3.8) is 0 Å². The van der Waals surface area contributed by atoms with Crippen molar-refractivity contribution >= 4 is 44.9 Å². The number of aromatic nitrogens is 2. The van der Waals surface area contributed by atoms with E-state index in [9.17, 15) is 14.9 Å². The van der Waals surface area contributed by atoms with Gasteiger partial charge in [-0.05, 0) is 49.8 Å². The molecule has 1 amide bonds. The molecule has 10 heteroatoms. The number of carbonyl (C=O) groups excluding carboxylic acids is 1. The van der Waals surface area contributed by atoms with Gasteiger partial charge in [0.05, 0.1) is 15.3 Å². The SMILES string of the molecule is CN(C)c1nc(NC2CCC(CNC(=O)c3ccc([N+](=O)[O-])s3)CC2)nc2ccccc12. The van der Waals surface area contributed by atoms with E-state index in [2.05, 4.69) is 15.6 Å². The van der Waals surface area contributed by atoms with Gasteiger partial charge in [-0.15, -0.1) is 0 Å². The van der Waals surface area contributed by atoms with Crippen molar-refractivity contribution in [2.75, 3.05) is 30.9 Å². The van der Waals surface area contributed by atoms with Gasteiger partial charge in [0.15, 0.2) is 0 Å². The first-order chi connectivity index (χ1) is 15.4. The number of nitro groups is 1. The zero-order chi connectivity index (χ0) is 22.7. The summed E-state index contributed by atoms with van der Waals surface area (Å²) in [7, 11) is 3.96. The van der Waals surface area contributed by atoms with Gasteiger partial charge in [0.25, 0.3) is 5.91 Å². The highest BCUT2D eigenvalue weighted by atomic mass is 32.1. The van der Waals surface area contributed by atoms with Gasteiger partial charge in [-0.3, -0.25) is 14.9 Å². The van der Waals surface area contributed by atoms with Gasteiger partial charge in [0, 0.05) is 38.1 Å². The maximum Gasteiger partial charge on any atom is 0.324 e. The molecule has 4 rings (SSSR count). The highest BCUT2D eigenvalue weighted by Gasteiger charge is 2.23. The van der Waals surface area contributed by atoms with Crippen molar-refractivity contribution in [3.8, 4) is 0 Å². The molecule has 2 heterocycles. The number of anilines is 2. The molecule has 0 saturated heterocycles. The van der Waals surface area contributed by atoms with E-state index in [1.165, 1.54) is 12.1 Å². The Morgan fingerprint density at radius 3 is 2.59 bits per heavy atom. The normalized spacial score (nSPS) is 18.3. The number of fused-ring (bicyclic) bond motifs is 1.